The fourth-order valence-corrected chi connectivity index (χ4v) is 2.40. The summed E-state index contributed by atoms with van der Waals surface area (Å²) < 4.78 is 0. The van der Waals surface area contributed by atoms with Crippen molar-refractivity contribution in [2.24, 2.45) is 0 Å². The number of carboxylic acids is 1. The van der Waals surface area contributed by atoms with Crippen LogP contribution in [0.5, 0.6) is 0 Å². The van der Waals surface area contributed by atoms with E-state index in [0.29, 0.717) is 31.0 Å². The third-order valence-electron chi connectivity index (χ3n) is 2.59. The van der Waals surface area contributed by atoms with Gasteiger partial charge in [-0.05, 0) is 32.1 Å². The van der Waals surface area contributed by atoms with Crippen molar-refractivity contribution >= 4 is 23.6 Å². The van der Waals surface area contributed by atoms with Gasteiger partial charge in [-0.1, -0.05) is 13.8 Å². The quantitative estimate of drug-likeness (QED) is 0.521. The first-order chi connectivity index (χ1) is 8.46. The summed E-state index contributed by atoms with van der Waals surface area (Å²) in [5.74, 6) is 0.208. The molecule has 1 atom stereocenters. The van der Waals surface area contributed by atoms with Crippen LogP contribution in [-0.4, -0.2) is 47.1 Å². The Morgan fingerprint density at radius 2 is 2.00 bits per heavy atom. The molecule has 1 unspecified atom stereocenters. The van der Waals surface area contributed by atoms with E-state index in [-0.39, 0.29) is 5.91 Å². The van der Waals surface area contributed by atoms with Crippen LogP contribution in [0.4, 0.5) is 0 Å². The third kappa shape index (κ3) is 6.86. The molecule has 5 nitrogen and oxygen atoms in total. The molecule has 1 amide bonds. The number of hydrogen-bond donors (Lipinski definition) is 3. The number of amides is 1. The molecule has 0 bridgehead atoms. The van der Waals surface area contributed by atoms with E-state index >= 15 is 0 Å². The fourth-order valence-electron chi connectivity index (χ4n) is 1.42. The summed E-state index contributed by atoms with van der Waals surface area (Å²) in [7, 11) is 0. The standard InChI is InChI=1S/C12H24N2O3S/c1-4-7-13-10(15)9-18-8-6-12(3,11(16)17)14-5-2/h14H,4-9H2,1-3H3,(H,13,15)(H,16,17). The summed E-state index contributed by atoms with van der Waals surface area (Å²) in [6, 6.07) is 0. The highest BCUT2D eigenvalue weighted by Crippen LogP contribution is 2.14. The summed E-state index contributed by atoms with van der Waals surface area (Å²) >= 11 is 1.47. The number of carbonyl (C=O) groups is 2. The summed E-state index contributed by atoms with van der Waals surface area (Å²) in [5, 5.41) is 14.9. The van der Waals surface area contributed by atoms with Gasteiger partial charge in [0.1, 0.15) is 5.54 Å². The minimum atomic E-state index is -0.901. The van der Waals surface area contributed by atoms with E-state index < -0.39 is 11.5 Å². The summed E-state index contributed by atoms with van der Waals surface area (Å²) in [6.07, 6.45) is 1.43. The van der Waals surface area contributed by atoms with Gasteiger partial charge in [0.15, 0.2) is 0 Å². The lowest BCUT2D eigenvalue weighted by Gasteiger charge is -2.25. The van der Waals surface area contributed by atoms with Crippen molar-refractivity contribution < 1.29 is 14.7 Å². The van der Waals surface area contributed by atoms with Crippen molar-refractivity contribution in [2.75, 3.05) is 24.6 Å². The molecule has 0 aliphatic heterocycles. The largest absolute Gasteiger partial charge is 0.480 e. The van der Waals surface area contributed by atoms with Gasteiger partial charge in [0, 0.05) is 6.54 Å². The molecular weight excluding hydrogens is 252 g/mol. The van der Waals surface area contributed by atoms with E-state index in [9.17, 15) is 9.59 Å². The van der Waals surface area contributed by atoms with E-state index in [0.717, 1.165) is 6.42 Å². The Kier molecular flexibility index (Phi) is 8.83. The lowest BCUT2D eigenvalue weighted by Crippen LogP contribution is -2.49. The Morgan fingerprint density at radius 1 is 1.33 bits per heavy atom. The first-order valence-electron chi connectivity index (χ1n) is 6.29. The van der Waals surface area contributed by atoms with Crippen molar-refractivity contribution in [2.45, 2.75) is 39.2 Å². The van der Waals surface area contributed by atoms with Gasteiger partial charge in [0.2, 0.25) is 5.91 Å². The molecule has 18 heavy (non-hydrogen) atoms. The molecule has 0 spiro atoms. The average Bonchev–Trinajstić information content (AvgIpc) is 2.32. The van der Waals surface area contributed by atoms with E-state index in [1.165, 1.54) is 11.8 Å². The monoisotopic (exact) mass is 276 g/mol. The number of thioether (sulfide) groups is 1. The van der Waals surface area contributed by atoms with Crippen molar-refractivity contribution in [3.63, 3.8) is 0 Å². The smallest absolute Gasteiger partial charge is 0.323 e. The molecule has 0 aromatic carbocycles. The van der Waals surface area contributed by atoms with Crippen LogP contribution in [0.1, 0.15) is 33.6 Å². The zero-order valence-electron chi connectivity index (χ0n) is 11.4. The van der Waals surface area contributed by atoms with Crippen LogP contribution >= 0.6 is 11.8 Å². The van der Waals surface area contributed by atoms with Gasteiger partial charge in [-0.25, -0.2) is 0 Å². The second-order valence-electron chi connectivity index (χ2n) is 4.32. The van der Waals surface area contributed by atoms with E-state index in [4.69, 9.17) is 5.11 Å². The molecule has 0 saturated heterocycles. The number of rotatable bonds is 10. The maximum absolute atomic E-state index is 11.3. The molecule has 0 fully saturated rings. The van der Waals surface area contributed by atoms with Crippen LogP contribution in [0.25, 0.3) is 0 Å². The maximum atomic E-state index is 11.3. The minimum absolute atomic E-state index is 0.0160. The Morgan fingerprint density at radius 3 is 2.50 bits per heavy atom. The molecule has 0 heterocycles. The van der Waals surface area contributed by atoms with Crippen LogP contribution in [-0.2, 0) is 9.59 Å². The molecule has 0 aliphatic carbocycles. The fraction of sp³-hybridized carbons (Fsp3) is 0.833. The molecular formula is C12H24N2O3S. The molecule has 0 rings (SSSR count). The van der Waals surface area contributed by atoms with Crippen LogP contribution in [0.15, 0.2) is 0 Å². The van der Waals surface area contributed by atoms with E-state index in [1.807, 2.05) is 13.8 Å². The van der Waals surface area contributed by atoms with E-state index in [1.54, 1.807) is 6.92 Å². The topological polar surface area (TPSA) is 78.4 Å². The number of carbonyl (C=O) groups excluding carboxylic acids is 1. The second-order valence-corrected chi connectivity index (χ2v) is 5.43. The molecule has 0 aromatic heterocycles. The molecule has 0 aliphatic rings. The predicted molar refractivity (Wildman–Crippen MR) is 75.0 cm³/mol. The summed E-state index contributed by atoms with van der Waals surface area (Å²) in [6.45, 7) is 6.87. The predicted octanol–water partition coefficient (Wildman–Crippen LogP) is 1.09. The van der Waals surface area contributed by atoms with Gasteiger partial charge in [0.05, 0.1) is 5.75 Å². The Hall–Kier alpha value is -0.750. The lowest BCUT2D eigenvalue weighted by molar-refractivity contribution is -0.144. The Balaban J connectivity index is 3.87. The Labute approximate surface area is 113 Å². The van der Waals surface area contributed by atoms with Crippen molar-refractivity contribution in [3.05, 3.63) is 0 Å². The van der Waals surface area contributed by atoms with Gasteiger partial charge >= 0.3 is 5.97 Å². The van der Waals surface area contributed by atoms with Crippen LogP contribution in [0, 0.1) is 0 Å². The van der Waals surface area contributed by atoms with Gasteiger partial charge in [0.25, 0.3) is 0 Å². The first-order valence-corrected chi connectivity index (χ1v) is 7.44. The molecule has 3 N–H and O–H groups in total. The second kappa shape index (κ2) is 9.22. The van der Waals surface area contributed by atoms with Crippen LogP contribution in [0.2, 0.25) is 0 Å². The zero-order chi connectivity index (χ0) is 14.0. The first kappa shape index (κ1) is 17.2. The van der Waals surface area contributed by atoms with Gasteiger partial charge in [-0.3, -0.25) is 9.59 Å². The molecule has 106 valence electrons. The highest BCUT2D eigenvalue weighted by atomic mass is 32.2. The number of likely N-dealkylation sites (N-methyl/N-ethyl adjacent to an activating group) is 1. The zero-order valence-corrected chi connectivity index (χ0v) is 12.2. The van der Waals surface area contributed by atoms with Crippen LogP contribution < -0.4 is 10.6 Å². The van der Waals surface area contributed by atoms with Gasteiger partial charge in [-0.15, -0.1) is 0 Å². The Bertz CT molecular complexity index is 274. The average molecular weight is 276 g/mol. The molecule has 0 aromatic rings. The van der Waals surface area contributed by atoms with Crippen molar-refractivity contribution in [1.82, 2.24) is 10.6 Å². The van der Waals surface area contributed by atoms with Crippen molar-refractivity contribution in [3.8, 4) is 0 Å². The number of aliphatic carboxylic acids is 1. The SMILES string of the molecule is CCCNC(=O)CSCCC(C)(NCC)C(=O)O. The molecule has 6 heteroatoms. The van der Waals surface area contributed by atoms with Gasteiger partial charge in [-0.2, -0.15) is 11.8 Å². The normalized spacial score (nSPS) is 13.9. The maximum Gasteiger partial charge on any atom is 0.323 e. The lowest BCUT2D eigenvalue weighted by atomic mass is 9.99. The van der Waals surface area contributed by atoms with E-state index in [2.05, 4.69) is 10.6 Å². The summed E-state index contributed by atoms with van der Waals surface area (Å²) in [5.41, 5.74) is -0.901. The number of carboxylic acid groups (broad SMARTS) is 1. The van der Waals surface area contributed by atoms with Crippen molar-refractivity contribution in [1.29, 1.82) is 0 Å². The molecule has 0 saturated carbocycles. The van der Waals surface area contributed by atoms with Crippen LogP contribution in [0.3, 0.4) is 0 Å². The third-order valence-corrected chi connectivity index (χ3v) is 3.55. The van der Waals surface area contributed by atoms with Gasteiger partial charge < -0.3 is 15.7 Å². The number of nitrogens with one attached hydrogen (secondary N) is 2. The highest BCUT2D eigenvalue weighted by molar-refractivity contribution is 7.99. The highest BCUT2D eigenvalue weighted by Gasteiger charge is 2.31. The minimum Gasteiger partial charge on any atom is -0.480 e. The number of hydrogen-bond acceptors (Lipinski definition) is 4. The molecule has 0 radical (unpaired) electrons. The summed E-state index contributed by atoms with van der Waals surface area (Å²) in [4.78, 5) is 22.5.